The van der Waals surface area contributed by atoms with Crippen LogP contribution in [-0.4, -0.2) is 17.3 Å². The number of nitrogens with zero attached hydrogens (tertiary/aromatic N) is 1. The number of aliphatic imine (C=N–C) groups is 1. The minimum atomic E-state index is -0.442. The second kappa shape index (κ2) is 5.99. The minimum absolute atomic E-state index is 0.0542. The number of carbonyl (C=O) groups excluding carboxylic acids is 2. The zero-order chi connectivity index (χ0) is 19.6. The molecule has 2 aliphatic carbocycles. The number of ketones is 2. The molecule has 2 aromatic rings. The van der Waals surface area contributed by atoms with Crippen LogP contribution >= 0.6 is 11.6 Å². The van der Waals surface area contributed by atoms with Crippen LogP contribution in [-0.2, 0) is 4.79 Å². The third-order valence-corrected chi connectivity index (χ3v) is 6.32. The second-order valence-electron chi connectivity index (χ2n) is 8.72. The molecule has 0 saturated heterocycles. The Labute approximate surface area is 169 Å². The van der Waals surface area contributed by atoms with Crippen LogP contribution in [0.15, 0.2) is 64.8 Å². The number of rotatable bonds is 1. The van der Waals surface area contributed by atoms with E-state index in [1.807, 2.05) is 48.5 Å². The molecule has 0 N–H and O–H groups in total. The Morgan fingerprint density at radius 3 is 2.32 bits per heavy atom. The first kappa shape index (κ1) is 17.6. The Balaban J connectivity index is 1.76. The molecule has 0 radical (unpaired) electrons. The van der Waals surface area contributed by atoms with Gasteiger partial charge in [-0.1, -0.05) is 61.8 Å². The molecular formula is C24H20ClNO2. The van der Waals surface area contributed by atoms with Crippen molar-refractivity contribution >= 4 is 28.9 Å². The molecule has 3 aliphatic rings. The van der Waals surface area contributed by atoms with Crippen LogP contribution in [0.4, 0.5) is 0 Å². The Hall–Kier alpha value is -2.52. The van der Waals surface area contributed by atoms with Crippen molar-refractivity contribution in [1.29, 1.82) is 0 Å². The number of carbonyl (C=O) groups is 2. The Morgan fingerprint density at radius 1 is 0.929 bits per heavy atom. The molecule has 3 nitrogen and oxygen atoms in total. The Bertz CT molecular complexity index is 1090. The molecule has 0 bridgehead atoms. The van der Waals surface area contributed by atoms with E-state index in [2.05, 4.69) is 13.8 Å². The lowest BCUT2D eigenvalue weighted by Crippen LogP contribution is -2.37. The van der Waals surface area contributed by atoms with Gasteiger partial charge in [0.25, 0.3) is 0 Å². The highest BCUT2D eigenvalue weighted by Crippen LogP contribution is 2.51. The maximum atomic E-state index is 13.3. The lowest BCUT2D eigenvalue weighted by Gasteiger charge is -2.38. The zero-order valence-corrected chi connectivity index (χ0v) is 16.6. The normalized spacial score (nSPS) is 25.2. The smallest absolute Gasteiger partial charge is 0.173 e. The Morgan fingerprint density at radius 2 is 1.61 bits per heavy atom. The van der Waals surface area contributed by atoms with E-state index in [4.69, 9.17) is 16.6 Å². The van der Waals surface area contributed by atoms with Gasteiger partial charge in [0.2, 0.25) is 0 Å². The molecule has 2 aromatic carbocycles. The first-order valence-corrected chi connectivity index (χ1v) is 9.97. The molecule has 0 aromatic heterocycles. The van der Waals surface area contributed by atoms with E-state index < -0.39 is 5.92 Å². The third kappa shape index (κ3) is 2.53. The average Bonchev–Trinajstić information content (AvgIpc) is 2.93. The van der Waals surface area contributed by atoms with Crippen molar-refractivity contribution in [1.82, 2.24) is 0 Å². The van der Waals surface area contributed by atoms with Gasteiger partial charge in [-0.05, 0) is 29.5 Å². The van der Waals surface area contributed by atoms with E-state index in [1.54, 1.807) is 0 Å². The van der Waals surface area contributed by atoms with E-state index in [9.17, 15) is 9.59 Å². The summed E-state index contributed by atoms with van der Waals surface area (Å²) in [7, 11) is 0. The van der Waals surface area contributed by atoms with Gasteiger partial charge in [0.1, 0.15) is 0 Å². The molecule has 0 fully saturated rings. The van der Waals surface area contributed by atoms with Gasteiger partial charge in [-0.25, -0.2) is 0 Å². The van der Waals surface area contributed by atoms with Crippen LogP contribution in [0.25, 0.3) is 0 Å². The van der Waals surface area contributed by atoms with Crippen LogP contribution in [0.3, 0.4) is 0 Å². The van der Waals surface area contributed by atoms with Gasteiger partial charge >= 0.3 is 0 Å². The molecule has 0 amide bonds. The summed E-state index contributed by atoms with van der Waals surface area (Å²) in [6, 6.07) is 15.2. The largest absolute Gasteiger partial charge is 0.294 e. The van der Waals surface area contributed by atoms with Crippen LogP contribution in [0, 0.1) is 11.3 Å². The number of benzene rings is 2. The molecule has 4 heteroatoms. The van der Waals surface area contributed by atoms with Gasteiger partial charge in [-0.15, -0.1) is 0 Å². The van der Waals surface area contributed by atoms with Crippen molar-refractivity contribution in [2.75, 3.05) is 0 Å². The van der Waals surface area contributed by atoms with Gasteiger partial charge in [0.15, 0.2) is 11.6 Å². The lowest BCUT2D eigenvalue weighted by molar-refractivity contribution is -0.118. The number of hydrogen-bond donors (Lipinski definition) is 0. The predicted molar refractivity (Wildman–Crippen MR) is 110 cm³/mol. The first-order chi connectivity index (χ1) is 13.4. The number of halogens is 1. The minimum Gasteiger partial charge on any atom is -0.294 e. The van der Waals surface area contributed by atoms with Crippen molar-refractivity contribution in [3.8, 4) is 0 Å². The van der Waals surface area contributed by atoms with Crippen molar-refractivity contribution < 1.29 is 9.59 Å². The molecular weight excluding hydrogens is 370 g/mol. The second-order valence-corrected chi connectivity index (χ2v) is 9.15. The highest BCUT2D eigenvalue weighted by atomic mass is 35.5. The molecule has 140 valence electrons. The fourth-order valence-electron chi connectivity index (χ4n) is 4.92. The van der Waals surface area contributed by atoms with E-state index in [0.29, 0.717) is 17.0 Å². The summed E-state index contributed by atoms with van der Waals surface area (Å²) in [5.74, 6) is -0.581. The molecule has 1 aliphatic heterocycles. The summed E-state index contributed by atoms with van der Waals surface area (Å²) >= 11 is 6.10. The first-order valence-electron chi connectivity index (χ1n) is 9.60. The molecule has 0 spiro atoms. The quantitative estimate of drug-likeness (QED) is 0.657. The van der Waals surface area contributed by atoms with E-state index in [0.717, 1.165) is 34.5 Å². The van der Waals surface area contributed by atoms with E-state index in [1.165, 1.54) is 0 Å². The average molecular weight is 390 g/mol. The zero-order valence-electron chi connectivity index (χ0n) is 15.8. The van der Waals surface area contributed by atoms with Crippen LogP contribution in [0.1, 0.15) is 54.1 Å². The van der Waals surface area contributed by atoms with E-state index in [-0.39, 0.29) is 22.9 Å². The topological polar surface area (TPSA) is 46.5 Å². The molecule has 28 heavy (non-hydrogen) atoms. The fraction of sp³-hybridized carbons (Fsp3) is 0.292. The Kier molecular flexibility index (Phi) is 3.76. The lowest BCUT2D eigenvalue weighted by atomic mass is 9.66. The molecule has 5 rings (SSSR count). The van der Waals surface area contributed by atoms with Gasteiger partial charge in [0.05, 0.1) is 11.6 Å². The third-order valence-electron chi connectivity index (χ3n) is 6.07. The summed E-state index contributed by atoms with van der Waals surface area (Å²) in [5, 5.41) is 0.639. The monoisotopic (exact) mass is 389 g/mol. The van der Waals surface area contributed by atoms with Crippen molar-refractivity contribution in [2.45, 2.75) is 32.6 Å². The number of hydrogen-bond acceptors (Lipinski definition) is 3. The van der Waals surface area contributed by atoms with Crippen LogP contribution in [0.2, 0.25) is 5.02 Å². The highest BCUT2D eigenvalue weighted by molar-refractivity contribution is 6.31. The summed E-state index contributed by atoms with van der Waals surface area (Å²) < 4.78 is 0. The SMILES string of the molecule is CC1(C)CC(=O)C2=C(C1)N=C1c3ccccc3C(=O)[C@@H]1[C@H]2c1ccc(Cl)cc1. The maximum absolute atomic E-state index is 13.3. The van der Waals surface area contributed by atoms with Gasteiger partial charge in [0, 0.05) is 39.8 Å². The summed E-state index contributed by atoms with van der Waals surface area (Å²) in [6.07, 6.45) is 1.22. The summed E-state index contributed by atoms with van der Waals surface area (Å²) in [4.78, 5) is 31.5. The van der Waals surface area contributed by atoms with Gasteiger partial charge < -0.3 is 0 Å². The molecule has 2 atom stereocenters. The number of Topliss-reactive ketones (excluding diaryl/α,β-unsaturated/α-hetero) is 2. The molecule has 0 saturated carbocycles. The predicted octanol–water partition coefficient (Wildman–Crippen LogP) is 5.38. The van der Waals surface area contributed by atoms with E-state index >= 15 is 0 Å². The highest BCUT2D eigenvalue weighted by Gasteiger charge is 2.50. The standard InChI is InChI=1S/C24H20ClNO2/c1-24(2)11-17-20(18(27)12-24)19(13-7-9-14(25)10-8-13)21-22(26-17)15-5-3-4-6-16(15)23(21)28/h3-10,19,21H,11-12H2,1-2H3/t19-,21+/m0/s1. The van der Waals surface area contributed by atoms with Crippen LogP contribution in [0.5, 0.6) is 0 Å². The van der Waals surface area contributed by atoms with Gasteiger partial charge in [-0.2, -0.15) is 0 Å². The van der Waals surface area contributed by atoms with Gasteiger partial charge in [-0.3, -0.25) is 14.6 Å². The van der Waals surface area contributed by atoms with Crippen LogP contribution < -0.4 is 0 Å². The van der Waals surface area contributed by atoms with Crippen molar-refractivity contribution in [3.63, 3.8) is 0 Å². The number of allylic oxidation sites excluding steroid dienone is 2. The maximum Gasteiger partial charge on any atom is 0.173 e. The summed E-state index contributed by atoms with van der Waals surface area (Å²) in [6.45, 7) is 4.21. The summed E-state index contributed by atoms with van der Waals surface area (Å²) in [5.41, 5.74) is 4.80. The van der Waals surface area contributed by atoms with Crippen molar-refractivity contribution in [3.05, 3.63) is 81.5 Å². The van der Waals surface area contributed by atoms with Crippen molar-refractivity contribution in [2.24, 2.45) is 16.3 Å². The fourth-order valence-corrected chi connectivity index (χ4v) is 5.04. The number of fused-ring (bicyclic) bond motifs is 3. The molecule has 0 unspecified atom stereocenters. The molecule has 1 heterocycles.